The second-order valence-electron chi connectivity index (χ2n) is 8.34. The van der Waals surface area contributed by atoms with Crippen molar-refractivity contribution < 1.29 is 9.18 Å². The van der Waals surface area contributed by atoms with Gasteiger partial charge in [0.05, 0.1) is 24.5 Å². The van der Waals surface area contributed by atoms with Crippen molar-refractivity contribution in [3.8, 4) is 0 Å². The average Bonchev–Trinajstić information content (AvgIpc) is 3.00. The number of halogens is 1. The first-order chi connectivity index (χ1) is 13.5. The third kappa shape index (κ3) is 4.12. The van der Waals surface area contributed by atoms with Crippen LogP contribution in [0.25, 0.3) is 0 Å². The zero-order valence-corrected chi connectivity index (χ0v) is 16.5. The second kappa shape index (κ2) is 8.03. The summed E-state index contributed by atoms with van der Waals surface area (Å²) in [6.45, 7) is 4.01. The van der Waals surface area contributed by atoms with E-state index in [4.69, 9.17) is 10.8 Å². The number of fused-ring (bicyclic) bond motifs is 1. The topological polar surface area (TPSA) is 64.2 Å². The fourth-order valence-corrected chi connectivity index (χ4v) is 4.55. The van der Waals surface area contributed by atoms with Crippen LogP contribution in [-0.4, -0.2) is 33.2 Å². The standard InChI is InChI=1S/C22H29FN4O/c1-15-20-10-11-26(22(28)12-16-4-8-19(24)9-5-16)14-21(20)27(25-15)13-17-2-6-18(23)7-3-17/h2-3,6-7,16,19H,4-5,8-14,24H2,1H3/t16-,19-. The van der Waals surface area contributed by atoms with Crippen LogP contribution >= 0.6 is 0 Å². The van der Waals surface area contributed by atoms with E-state index >= 15 is 0 Å². The number of carbonyl (C=O) groups excluding carboxylic acids is 1. The molecule has 2 heterocycles. The summed E-state index contributed by atoms with van der Waals surface area (Å²) in [6.07, 6.45) is 5.68. The first kappa shape index (κ1) is 19.1. The molecule has 0 unspecified atom stereocenters. The minimum absolute atomic E-state index is 0.233. The van der Waals surface area contributed by atoms with Gasteiger partial charge in [0.15, 0.2) is 0 Å². The summed E-state index contributed by atoms with van der Waals surface area (Å²) in [4.78, 5) is 14.9. The SMILES string of the molecule is Cc1nn(Cc2ccc(F)cc2)c2c1CCN(C(=O)C[C@H]1CC[C@H](N)CC1)C2. The van der Waals surface area contributed by atoms with Gasteiger partial charge in [0.25, 0.3) is 0 Å². The monoisotopic (exact) mass is 384 g/mol. The second-order valence-corrected chi connectivity index (χ2v) is 8.34. The fraction of sp³-hybridized carbons (Fsp3) is 0.545. The van der Waals surface area contributed by atoms with Crippen molar-refractivity contribution in [2.24, 2.45) is 11.7 Å². The largest absolute Gasteiger partial charge is 0.336 e. The fourth-order valence-electron chi connectivity index (χ4n) is 4.55. The van der Waals surface area contributed by atoms with Gasteiger partial charge in [-0.05, 0) is 68.2 Å². The maximum atomic E-state index is 13.2. The van der Waals surface area contributed by atoms with Crippen molar-refractivity contribution >= 4 is 5.91 Å². The summed E-state index contributed by atoms with van der Waals surface area (Å²) in [5.41, 5.74) is 10.4. The van der Waals surface area contributed by atoms with Gasteiger partial charge in [-0.15, -0.1) is 0 Å². The molecule has 1 amide bonds. The number of nitrogens with two attached hydrogens (primary N) is 1. The van der Waals surface area contributed by atoms with E-state index in [1.807, 2.05) is 16.5 Å². The Morgan fingerprint density at radius 3 is 2.64 bits per heavy atom. The molecule has 6 heteroatoms. The van der Waals surface area contributed by atoms with E-state index in [0.29, 0.717) is 31.5 Å². The van der Waals surface area contributed by atoms with Gasteiger partial charge in [-0.2, -0.15) is 5.10 Å². The van der Waals surface area contributed by atoms with Crippen LogP contribution in [0.5, 0.6) is 0 Å². The van der Waals surface area contributed by atoms with Gasteiger partial charge in [0, 0.05) is 19.0 Å². The molecule has 2 N–H and O–H groups in total. The zero-order valence-electron chi connectivity index (χ0n) is 16.5. The molecule has 0 saturated heterocycles. The van der Waals surface area contributed by atoms with Gasteiger partial charge in [-0.1, -0.05) is 12.1 Å². The summed E-state index contributed by atoms with van der Waals surface area (Å²) in [6, 6.07) is 6.85. The normalized spacial score (nSPS) is 22.2. The predicted octanol–water partition coefficient (Wildman–Crippen LogP) is 3.17. The lowest BCUT2D eigenvalue weighted by molar-refractivity contribution is -0.133. The molecule has 150 valence electrons. The number of carbonyl (C=O) groups is 1. The summed E-state index contributed by atoms with van der Waals surface area (Å²) < 4.78 is 15.2. The molecule has 1 aromatic carbocycles. The van der Waals surface area contributed by atoms with E-state index in [1.54, 1.807) is 12.1 Å². The Morgan fingerprint density at radius 2 is 1.93 bits per heavy atom. The Labute approximate surface area is 165 Å². The molecule has 1 aliphatic carbocycles. The summed E-state index contributed by atoms with van der Waals surface area (Å²) in [5, 5.41) is 4.70. The first-order valence-electron chi connectivity index (χ1n) is 10.3. The number of nitrogens with zero attached hydrogens (tertiary/aromatic N) is 3. The van der Waals surface area contributed by atoms with Crippen LogP contribution in [0.3, 0.4) is 0 Å². The van der Waals surface area contributed by atoms with E-state index in [2.05, 4.69) is 0 Å². The van der Waals surface area contributed by atoms with Crippen molar-refractivity contribution in [3.63, 3.8) is 0 Å². The maximum Gasteiger partial charge on any atom is 0.223 e. The number of hydrogen-bond donors (Lipinski definition) is 1. The number of aromatic nitrogens is 2. The minimum atomic E-state index is -0.233. The predicted molar refractivity (Wildman–Crippen MR) is 106 cm³/mol. The van der Waals surface area contributed by atoms with Crippen molar-refractivity contribution in [2.45, 2.75) is 64.6 Å². The highest BCUT2D eigenvalue weighted by Crippen LogP contribution is 2.28. The van der Waals surface area contributed by atoms with Crippen LogP contribution < -0.4 is 5.73 Å². The van der Waals surface area contributed by atoms with Crippen molar-refractivity contribution in [1.29, 1.82) is 0 Å². The van der Waals surface area contributed by atoms with E-state index in [-0.39, 0.29) is 11.7 Å². The molecule has 28 heavy (non-hydrogen) atoms. The number of amides is 1. The van der Waals surface area contributed by atoms with Crippen molar-refractivity contribution in [2.75, 3.05) is 6.54 Å². The van der Waals surface area contributed by atoms with Crippen molar-refractivity contribution in [1.82, 2.24) is 14.7 Å². The van der Waals surface area contributed by atoms with Crippen LogP contribution in [0.4, 0.5) is 4.39 Å². The summed E-state index contributed by atoms with van der Waals surface area (Å²) >= 11 is 0. The highest BCUT2D eigenvalue weighted by Gasteiger charge is 2.28. The van der Waals surface area contributed by atoms with Crippen molar-refractivity contribution in [3.05, 3.63) is 52.6 Å². The molecule has 2 aliphatic rings. The van der Waals surface area contributed by atoms with Gasteiger partial charge >= 0.3 is 0 Å². The number of aryl methyl sites for hydroxylation is 1. The molecular weight excluding hydrogens is 355 g/mol. The van der Waals surface area contributed by atoms with Gasteiger partial charge < -0.3 is 10.6 Å². The third-order valence-electron chi connectivity index (χ3n) is 6.29. The Balaban J connectivity index is 1.45. The molecule has 0 bridgehead atoms. The Kier molecular flexibility index (Phi) is 5.49. The molecule has 2 aromatic rings. The lowest BCUT2D eigenvalue weighted by Gasteiger charge is -2.31. The van der Waals surface area contributed by atoms with E-state index in [0.717, 1.165) is 55.6 Å². The highest BCUT2D eigenvalue weighted by atomic mass is 19.1. The lowest BCUT2D eigenvalue weighted by Crippen LogP contribution is -2.38. The molecule has 1 aromatic heterocycles. The molecule has 0 spiro atoms. The van der Waals surface area contributed by atoms with Crippen LogP contribution in [0.1, 0.15) is 54.6 Å². The molecular formula is C22H29FN4O. The smallest absolute Gasteiger partial charge is 0.223 e. The molecule has 5 nitrogen and oxygen atoms in total. The lowest BCUT2D eigenvalue weighted by atomic mass is 9.84. The van der Waals surface area contributed by atoms with Crippen LogP contribution in [-0.2, 0) is 24.3 Å². The Hall–Kier alpha value is -2.21. The van der Waals surface area contributed by atoms with Gasteiger partial charge in [-0.25, -0.2) is 4.39 Å². The molecule has 1 aliphatic heterocycles. The molecule has 4 rings (SSSR count). The molecule has 1 fully saturated rings. The van der Waals surface area contributed by atoms with E-state index in [1.165, 1.54) is 17.7 Å². The van der Waals surface area contributed by atoms with Crippen LogP contribution in [0.2, 0.25) is 0 Å². The van der Waals surface area contributed by atoms with Gasteiger partial charge in [0.1, 0.15) is 5.82 Å². The molecule has 1 saturated carbocycles. The summed E-state index contributed by atoms with van der Waals surface area (Å²) in [7, 11) is 0. The Bertz CT molecular complexity index is 837. The number of hydrogen-bond acceptors (Lipinski definition) is 3. The zero-order chi connectivity index (χ0) is 19.7. The van der Waals surface area contributed by atoms with Gasteiger partial charge in [0.2, 0.25) is 5.91 Å². The number of rotatable bonds is 4. The minimum Gasteiger partial charge on any atom is -0.336 e. The molecule has 0 radical (unpaired) electrons. The van der Waals surface area contributed by atoms with E-state index < -0.39 is 0 Å². The first-order valence-corrected chi connectivity index (χ1v) is 10.3. The number of benzene rings is 1. The molecule has 0 atom stereocenters. The van der Waals surface area contributed by atoms with E-state index in [9.17, 15) is 9.18 Å². The summed E-state index contributed by atoms with van der Waals surface area (Å²) in [5.74, 6) is 0.487. The van der Waals surface area contributed by atoms with Crippen LogP contribution in [0.15, 0.2) is 24.3 Å². The highest BCUT2D eigenvalue weighted by molar-refractivity contribution is 5.76. The average molecular weight is 384 g/mol. The third-order valence-corrected chi connectivity index (χ3v) is 6.29. The van der Waals surface area contributed by atoms with Gasteiger partial charge in [-0.3, -0.25) is 9.48 Å². The quantitative estimate of drug-likeness (QED) is 0.881. The van der Waals surface area contributed by atoms with Crippen LogP contribution in [0, 0.1) is 18.7 Å². The maximum absolute atomic E-state index is 13.2. The Morgan fingerprint density at radius 1 is 1.21 bits per heavy atom.